The van der Waals surface area contributed by atoms with Gasteiger partial charge in [-0.1, -0.05) is 18.6 Å². The lowest BCUT2D eigenvalue weighted by Gasteiger charge is -2.45. The van der Waals surface area contributed by atoms with E-state index in [2.05, 4.69) is 9.98 Å². The molecule has 0 aromatic heterocycles. The summed E-state index contributed by atoms with van der Waals surface area (Å²) >= 11 is 0. The van der Waals surface area contributed by atoms with Gasteiger partial charge in [-0.15, -0.1) is 0 Å². The van der Waals surface area contributed by atoms with Crippen molar-refractivity contribution in [2.45, 2.75) is 37.8 Å². The third kappa shape index (κ3) is 2.28. The average Bonchev–Trinajstić information content (AvgIpc) is 2.47. The van der Waals surface area contributed by atoms with Crippen LogP contribution < -0.4 is 16.4 Å². The van der Waals surface area contributed by atoms with Crippen LogP contribution in [0.15, 0.2) is 34.3 Å². The quantitative estimate of drug-likeness (QED) is 0.765. The second-order valence-electron chi connectivity index (χ2n) is 5.64. The van der Waals surface area contributed by atoms with Crippen molar-refractivity contribution in [3.63, 3.8) is 0 Å². The summed E-state index contributed by atoms with van der Waals surface area (Å²) in [7, 11) is 0. The minimum Gasteiger partial charge on any atom is -0.478 e. The van der Waals surface area contributed by atoms with Gasteiger partial charge in [-0.05, 0) is 37.8 Å². The highest BCUT2D eigenvalue weighted by Crippen LogP contribution is 2.40. The van der Waals surface area contributed by atoms with E-state index >= 15 is 0 Å². The number of nitrogens with zero attached hydrogens (tertiary/aromatic N) is 3. The fourth-order valence-electron chi connectivity index (χ4n) is 3.32. The number of carboxylic acids is 1. The lowest BCUT2D eigenvalue weighted by atomic mass is 9.87. The van der Waals surface area contributed by atoms with Gasteiger partial charge in [0.05, 0.1) is 11.3 Å². The zero-order valence-electron chi connectivity index (χ0n) is 12.2. The molecule has 1 aromatic carbocycles. The smallest absolute Gasteiger partial charge is 0.337 e. The van der Waals surface area contributed by atoms with Gasteiger partial charge in [0.25, 0.3) is 0 Å². The van der Waals surface area contributed by atoms with Crippen LogP contribution in [0.2, 0.25) is 0 Å². The first kappa shape index (κ1) is 14.4. The van der Waals surface area contributed by atoms with Crippen LogP contribution in [0.25, 0.3) is 0 Å². The number of hydrogen-bond acceptors (Lipinski definition) is 6. The van der Waals surface area contributed by atoms with Crippen molar-refractivity contribution in [3.05, 3.63) is 29.8 Å². The number of carbonyl (C=O) groups is 1. The van der Waals surface area contributed by atoms with E-state index in [0.29, 0.717) is 5.69 Å². The molecule has 1 saturated carbocycles. The highest BCUT2D eigenvalue weighted by molar-refractivity contribution is 6.08. The Hall–Kier alpha value is -2.57. The van der Waals surface area contributed by atoms with Crippen LogP contribution in [0.1, 0.15) is 42.5 Å². The molecule has 1 aliphatic carbocycles. The predicted octanol–water partition coefficient (Wildman–Crippen LogP) is 1.49. The van der Waals surface area contributed by atoms with Crippen LogP contribution in [-0.2, 0) is 0 Å². The molecule has 0 atom stereocenters. The Morgan fingerprint density at radius 2 is 1.86 bits per heavy atom. The van der Waals surface area contributed by atoms with E-state index in [1.54, 1.807) is 29.2 Å². The van der Waals surface area contributed by atoms with Crippen molar-refractivity contribution in [2.75, 3.05) is 4.90 Å². The Kier molecular flexibility index (Phi) is 3.48. The molecule has 0 saturated heterocycles. The van der Waals surface area contributed by atoms with Crippen molar-refractivity contribution in [3.8, 4) is 0 Å². The molecule has 0 unspecified atom stereocenters. The molecular formula is C15H19N5O2. The van der Waals surface area contributed by atoms with E-state index in [0.717, 1.165) is 32.1 Å². The fourth-order valence-corrected chi connectivity index (χ4v) is 3.32. The van der Waals surface area contributed by atoms with Crippen LogP contribution in [0, 0.1) is 0 Å². The van der Waals surface area contributed by atoms with Gasteiger partial charge in [-0.25, -0.2) is 9.79 Å². The number of para-hydroxylation sites is 1. The molecular weight excluding hydrogens is 282 g/mol. The summed E-state index contributed by atoms with van der Waals surface area (Å²) in [6.07, 6.45) is 4.67. The van der Waals surface area contributed by atoms with Gasteiger partial charge >= 0.3 is 5.97 Å². The van der Waals surface area contributed by atoms with Crippen LogP contribution in [0.3, 0.4) is 0 Å². The zero-order valence-corrected chi connectivity index (χ0v) is 12.2. The summed E-state index contributed by atoms with van der Waals surface area (Å²) in [4.78, 5) is 21.9. The number of aliphatic imine (C=N–C) groups is 2. The standard InChI is InChI=1S/C15H19N5O2/c16-13-18-14(17)20(15(19-13)8-4-1-5-9-15)11-7-3-2-6-10(11)12(21)22/h2-3,6-7H,1,4-5,8-9H2,(H,21,22)(H4,16,17,18,19). The molecule has 0 radical (unpaired) electrons. The number of hydrogen-bond donors (Lipinski definition) is 3. The number of rotatable bonds is 2. The monoisotopic (exact) mass is 301 g/mol. The first-order chi connectivity index (χ1) is 10.5. The van der Waals surface area contributed by atoms with Crippen molar-refractivity contribution >= 4 is 23.6 Å². The van der Waals surface area contributed by atoms with Crippen molar-refractivity contribution in [2.24, 2.45) is 21.5 Å². The minimum atomic E-state index is -1.00. The second-order valence-corrected chi connectivity index (χ2v) is 5.64. The maximum atomic E-state index is 11.5. The van der Waals surface area contributed by atoms with Crippen LogP contribution in [0.5, 0.6) is 0 Å². The van der Waals surface area contributed by atoms with E-state index in [9.17, 15) is 9.90 Å². The van der Waals surface area contributed by atoms with Gasteiger partial charge in [0.15, 0.2) is 0 Å². The molecule has 1 spiro atoms. The van der Waals surface area contributed by atoms with Crippen LogP contribution in [0.4, 0.5) is 5.69 Å². The molecule has 0 bridgehead atoms. The average molecular weight is 301 g/mol. The lowest BCUT2D eigenvalue weighted by Crippen LogP contribution is -2.58. The number of nitrogens with two attached hydrogens (primary N) is 2. The Labute approximate surface area is 128 Å². The highest BCUT2D eigenvalue weighted by atomic mass is 16.4. The van der Waals surface area contributed by atoms with Gasteiger partial charge < -0.3 is 16.6 Å². The van der Waals surface area contributed by atoms with Gasteiger partial charge in [0.2, 0.25) is 11.9 Å². The SMILES string of the molecule is NC1=NC2(CCCCC2)N(c2ccccc2C(=O)O)C(N)=N1. The van der Waals surface area contributed by atoms with E-state index < -0.39 is 11.6 Å². The Morgan fingerprint density at radius 3 is 2.55 bits per heavy atom. The molecule has 116 valence electrons. The molecule has 3 rings (SSSR count). The van der Waals surface area contributed by atoms with Gasteiger partial charge in [-0.2, -0.15) is 4.99 Å². The third-order valence-corrected chi connectivity index (χ3v) is 4.23. The van der Waals surface area contributed by atoms with Crippen molar-refractivity contribution < 1.29 is 9.90 Å². The highest BCUT2D eigenvalue weighted by Gasteiger charge is 2.43. The molecule has 2 aliphatic rings. The Balaban J connectivity index is 2.15. The van der Waals surface area contributed by atoms with E-state index in [-0.39, 0.29) is 17.5 Å². The first-order valence-electron chi connectivity index (χ1n) is 7.35. The van der Waals surface area contributed by atoms with Gasteiger partial charge in [0, 0.05) is 0 Å². The fraction of sp³-hybridized carbons (Fsp3) is 0.400. The van der Waals surface area contributed by atoms with E-state index in [1.807, 2.05) is 0 Å². The number of anilines is 1. The normalized spacial score (nSPS) is 20.5. The first-order valence-corrected chi connectivity index (χ1v) is 7.35. The third-order valence-electron chi connectivity index (χ3n) is 4.23. The second kappa shape index (κ2) is 5.32. The van der Waals surface area contributed by atoms with Gasteiger partial charge in [-0.3, -0.25) is 4.90 Å². The molecule has 1 heterocycles. The molecule has 0 amide bonds. The summed E-state index contributed by atoms with van der Waals surface area (Å²) in [6, 6.07) is 6.77. The largest absolute Gasteiger partial charge is 0.478 e. The van der Waals surface area contributed by atoms with Gasteiger partial charge in [0.1, 0.15) is 5.66 Å². The van der Waals surface area contributed by atoms with E-state index in [1.165, 1.54) is 0 Å². The maximum absolute atomic E-state index is 11.5. The van der Waals surface area contributed by atoms with Crippen molar-refractivity contribution in [1.29, 1.82) is 0 Å². The van der Waals surface area contributed by atoms with Crippen LogP contribution in [-0.4, -0.2) is 28.7 Å². The summed E-state index contributed by atoms with van der Waals surface area (Å²) in [6.45, 7) is 0. The summed E-state index contributed by atoms with van der Waals surface area (Å²) in [5, 5.41) is 9.45. The molecule has 5 N–H and O–H groups in total. The summed E-state index contributed by atoms with van der Waals surface area (Å²) < 4.78 is 0. The Morgan fingerprint density at radius 1 is 1.18 bits per heavy atom. The molecule has 1 fully saturated rings. The topological polar surface area (TPSA) is 117 Å². The minimum absolute atomic E-state index is 0.156. The molecule has 1 aliphatic heterocycles. The molecule has 22 heavy (non-hydrogen) atoms. The zero-order chi connectivity index (χ0) is 15.7. The van der Waals surface area contributed by atoms with E-state index in [4.69, 9.17) is 11.5 Å². The molecule has 7 nitrogen and oxygen atoms in total. The summed E-state index contributed by atoms with van der Waals surface area (Å²) in [5.41, 5.74) is 12.0. The summed E-state index contributed by atoms with van der Waals surface area (Å²) in [5.74, 6) is -0.650. The number of benzene rings is 1. The van der Waals surface area contributed by atoms with Crippen LogP contribution >= 0.6 is 0 Å². The number of guanidine groups is 2. The lowest BCUT2D eigenvalue weighted by molar-refractivity contribution is 0.0697. The van der Waals surface area contributed by atoms with Crippen molar-refractivity contribution in [1.82, 2.24) is 0 Å². The predicted molar refractivity (Wildman–Crippen MR) is 84.9 cm³/mol. The molecule has 7 heteroatoms. The maximum Gasteiger partial charge on any atom is 0.337 e. The number of aromatic carboxylic acids is 1. The number of carboxylic acid groups (broad SMARTS) is 1. The Bertz CT molecular complexity index is 662. The molecule has 1 aromatic rings.